The Bertz CT molecular complexity index is 3480. The molecule has 0 bridgehead atoms. The van der Waals surface area contributed by atoms with Crippen molar-refractivity contribution < 1.29 is 29.7 Å². The van der Waals surface area contributed by atoms with Gasteiger partial charge in [0.25, 0.3) is 0 Å². The number of aromatic nitrogens is 8. The van der Waals surface area contributed by atoms with Crippen molar-refractivity contribution in [3.05, 3.63) is 144 Å². The fourth-order valence-electron chi connectivity index (χ4n) is 8.21. The molecule has 5 aromatic carbocycles. The predicted octanol–water partition coefficient (Wildman–Crippen LogP) is 9.26. The van der Waals surface area contributed by atoms with Crippen LogP contribution in [0.25, 0.3) is 83.7 Å². The van der Waals surface area contributed by atoms with Crippen LogP contribution in [-0.4, -0.2) is 32.5 Å². The van der Waals surface area contributed by atoms with E-state index in [0.717, 1.165) is 61.3 Å². The third-order valence-corrected chi connectivity index (χ3v) is 10.9. The zero-order valence-electron chi connectivity index (χ0n) is 33.8. The average molecular weight is 899 g/mol. The van der Waals surface area contributed by atoms with Crippen molar-refractivity contribution in [3.8, 4) is 17.2 Å². The van der Waals surface area contributed by atoms with Crippen molar-refractivity contribution in [2.45, 2.75) is 40.0 Å². The van der Waals surface area contributed by atoms with Gasteiger partial charge in [0.2, 0.25) is 12.1 Å². The number of rotatable bonds is 3. The van der Waals surface area contributed by atoms with Gasteiger partial charge in [-0.15, -0.1) is 18.2 Å². The summed E-state index contributed by atoms with van der Waals surface area (Å²) in [6, 6.07) is 42.4. The third kappa shape index (κ3) is 4.70. The first-order valence-electron chi connectivity index (χ1n) is 19.6. The molecule has 0 aliphatic carbocycles. The van der Waals surface area contributed by atoms with Crippen LogP contribution >= 0.6 is 0 Å². The molecule has 55 heavy (non-hydrogen) atoms. The quantitative estimate of drug-likeness (QED) is 0.131. The number of fused-ring (bicyclic) bond motifs is 11. The summed E-state index contributed by atoms with van der Waals surface area (Å²) in [5.74, 6) is 1.53. The molecule has 8 nitrogen and oxygen atoms in total. The van der Waals surface area contributed by atoms with Crippen molar-refractivity contribution >= 4 is 66.5 Å². The van der Waals surface area contributed by atoms with Crippen LogP contribution in [0.3, 0.4) is 0 Å². The molecule has 0 fully saturated rings. The Labute approximate surface area is 336 Å². The number of aryl methyl sites for hydroxylation is 3. The van der Waals surface area contributed by atoms with Crippen molar-refractivity contribution in [1.82, 2.24) is 32.5 Å². The van der Waals surface area contributed by atoms with Crippen LogP contribution in [0.2, 0.25) is 0 Å². The second-order valence-electron chi connectivity index (χ2n) is 15.3. The van der Waals surface area contributed by atoms with Crippen LogP contribution in [0.1, 0.15) is 41.6 Å². The van der Waals surface area contributed by atoms with E-state index in [9.17, 15) is 0 Å². The maximum absolute atomic E-state index is 8.22. The minimum atomic E-state index is -2.41. The topological polar surface area (TPSA) is 53.3 Å². The molecule has 0 amide bonds. The van der Waals surface area contributed by atoms with Gasteiger partial charge in [-0.3, -0.25) is 0 Å². The Kier molecular flexibility index (Phi) is 6.49. The SMILES string of the molecule is [2H]C([2H])([2H])[n+]1[c-]n(-c2[c-]c(-n3c4[c-]c5c(cc4n4c6cccc(C)c6nc34)n3c4cccc(C)c4cc3n5-c3cc(C(C)(C)C)ccn3)ccc2)c2ccccc21.[Pt]. The van der Waals surface area contributed by atoms with Gasteiger partial charge in [0.1, 0.15) is 11.5 Å². The average Bonchev–Trinajstić information content (AvgIpc) is 3.98. The molecule has 0 aliphatic heterocycles. The van der Waals surface area contributed by atoms with Gasteiger partial charge in [0, 0.05) is 38.2 Å². The van der Waals surface area contributed by atoms with Crippen LogP contribution in [0, 0.1) is 32.3 Å². The van der Waals surface area contributed by atoms with Gasteiger partial charge < -0.3 is 27.1 Å². The van der Waals surface area contributed by atoms with Crippen LogP contribution in [0.4, 0.5) is 0 Å². The van der Waals surface area contributed by atoms with Gasteiger partial charge in [-0.1, -0.05) is 80.7 Å². The van der Waals surface area contributed by atoms with Gasteiger partial charge >= 0.3 is 0 Å². The molecular weight excluding hydrogens is 860 g/mol. The monoisotopic (exact) mass is 898 g/mol. The van der Waals surface area contributed by atoms with Crippen molar-refractivity contribution in [3.63, 3.8) is 0 Å². The Morgan fingerprint density at radius 3 is 2.25 bits per heavy atom. The number of para-hydroxylation sites is 3. The number of hydrogen-bond donors (Lipinski definition) is 0. The van der Waals surface area contributed by atoms with Crippen LogP contribution in [0.15, 0.2) is 109 Å². The zero-order chi connectivity index (χ0) is 39.1. The number of benzene rings is 5. The molecular formula is C46H36N8Pt-2. The molecule has 6 aromatic heterocycles. The predicted molar refractivity (Wildman–Crippen MR) is 215 cm³/mol. The van der Waals surface area contributed by atoms with Crippen LogP contribution in [-0.2, 0) is 33.5 Å². The normalized spacial score (nSPS) is 13.4. The van der Waals surface area contributed by atoms with E-state index in [2.05, 4.69) is 132 Å². The Morgan fingerprint density at radius 2 is 1.42 bits per heavy atom. The Hall–Kier alpha value is -5.98. The standard InChI is InChI=1S/C46H36N8.Pt/c1-28-12-9-18-34-33(28)24-43-52(34)39-26-40-38(25-41(39)54(43)42-22-30(20-21-47-42)46(3,4)5)51(45-48-44-29(2)13-10-19-37(44)53(40)45)32-15-11-14-31(23-32)50-27-49(6)35-16-7-8-17-36(35)50;/h7-22,24,26H,1-6H3;/q-2;/i6D3;. The van der Waals surface area contributed by atoms with Crippen LogP contribution in [0.5, 0.6) is 0 Å². The van der Waals surface area contributed by atoms with E-state index in [4.69, 9.17) is 14.1 Å². The maximum atomic E-state index is 8.22. The molecule has 6 heterocycles. The largest absolute Gasteiger partial charge is 0.349 e. The van der Waals surface area contributed by atoms with Crippen molar-refractivity contribution in [2.24, 2.45) is 6.98 Å². The summed E-state index contributed by atoms with van der Waals surface area (Å²) in [7, 11) is 0. The molecule has 0 unspecified atom stereocenters. The molecule has 0 aliphatic rings. The first-order valence-corrected chi connectivity index (χ1v) is 18.1. The van der Waals surface area contributed by atoms with E-state index in [1.165, 1.54) is 21.1 Å². The minimum absolute atomic E-state index is 0. The first-order chi connectivity index (χ1) is 27.4. The summed E-state index contributed by atoms with van der Waals surface area (Å²) in [5, 5.41) is 1.18. The molecule has 0 saturated carbocycles. The fourth-order valence-corrected chi connectivity index (χ4v) is 8.21. The van der Waals surface area contributed by atoms with Crippen LogP contribution < -0.4 is 4.57 Å². The second kappa shape index (κ2) is 11.8. The van der Waals surface area contributed by atoms with E-state index in [-0.39, 0.29) is 26.5 Å². The molecule has 9 heteroatoms. The van der Waals surface area contributed by atoms with E-state index >= 15 is 0 Å². The number of hydrogen-bond acceptors (Lipinski definition) is 2. The summed E-state index contributed by atoms with van der Waals surface area (Å²) in [6.45, 7) is 8.48. The van der Waals surface area contributed by atoms with E-state index < -0.39 is 6.98 Å². The first kappa shape index (κ1) is 30.4. The van der Waals surface area contributed by atoms with Gasteiger partial charge in [-0.2, -0.15) is 18.2 Å². The molecule has 11 rings (SSSR count). The number of nitrogens with zero attached hydrogens (tertiary/aromatic N) is 8. The van der Waals surface area contributed by atoms with Gasteiger partial charge in [-0.05, 0) is 88.4 Å². The van der Waals surface area contributed by atoms with Gasteiger partial charge in [0.15, 0.2) is 0 Å². The molecule has 272 valence electrons. The molecule has 0 N–H and O–H groups in total. The van der Waals surface area contributed by atoms with E-state index in [1.807, 2.05) is 42.6 Å². The van der Waals surface area contributed by atoms with Crippen molar-refractivity contribution in [2.75, 3.05) is 0 Å². The maximum Gasteiger partial charge on any atom is 0.242 e. The Morgan fingerprint density at radius 1 is 0.691 bits per heavy atom. The summed E-state index contributed by atoms with van der Waals surface area (Å²) in [5.41, 5.74) is 13.6. The molecule has 0 atom stereocenters. The molecule has 11 aromatic rings. The smallest absolute Gasteiger partial charge is 0.242 e. The third-order valence-electron chi connectivity index (χ3n) is 10.9. The fraction of sp³-hybridized carbons (Fsp3) is 0.152. The minimum Gasteiger partial charge on any atom is -0.349 e. The number of imidazole rings is 4. The van der Waals surface area contributed by atoms with Crippen molar-refractivity contribution in [1.29, 1.82) is 0 Å². The van der Waals surface area contributed by atoms with E-state index in [0.29, 0.717) is 22.5 Å². The summed E-state index contributed by atoms with van der Waals surface area (Å²) in [6.07, 6.45) is 5.00. The molecule has 0 spiro atoms. The zero-order valence-corrected chi connectivity index (χ0v) is 33.1. The second-order valence-corrected chi connectivity index (χ2v) is 15.3. The molecule has 0 radical (unpaired) electrons. The van der Waals surface area contributed by atoms with Gasteiger partial charge in [0.05, 0.1) is 33.2 Å². The molecule has 0 saturated heterocycles. The number of pyridine rings is 1. The summed E-state index contributed by atoms with van der Waals surface area (Å²) in [4.78, 5) is 10.3. The Balaban J connectivity index is 0.00000408. The van der Waals surface area contributed by atoms with E-state index in [1.54, 1.807) is 10.6 Å². The summed E-state index contributed by atoms with van der Waals surface area (Å²) >= 11 is 0. The van der Waals surface area contributed by atoms with Gasteiger partial charge in [-0.25, -0.2) is 9.97 Å². The summed E-state index contributed by atoms with van der Waals surface area (Å²) < 4.78 is 36.5.